The molecule has 2 aromatic rings. The van der Waals surface area contributed by atoms with E-state index >= 15 is 0 Å². The summed E-state index contributed by atoms with van der Waals surface area (Å²) in [6.07, 6.45) is 1.01. The maximum absolute atomic E-state index is 12.0. The van der Waals surface area contributed by atoms with Gasteiger partial charge in [-0.1, -0.05) is 28.1 Å². The van der Waals surface area contributed by atoms with Crippen LogP contribution in [0.1, 0.15) is 12.6 Å². The summed E-state index contributed by atoms with van der Waals surface area (Å²) in [5, 5.41) is 11.8. The fourth-order valence-electron chi connectivity index (χ4n) is 1.91. The standard InChI is InChI=1S/C17H15BrN2O3S/c1-11(9-22-2)23-17(21)13(8-19)7-15-10-24-16(20-15)12-4-3-5-14(18)6-12/h3-7,10-11H,9H2,1-2H3/b13-7+/t11-/m1/s1. The van der Waals surface area contributed by atoms with Gasteiger partial charge >= 0.3 is 5.97 Å². The maximum Gasteiger partial charge on any atom is 0.349 e. The van der Waals surface area contributed by atoms with Gasteiger partial charge in [0.15, 0.2) is 0 Å². The number of carbonyl (C=O) groups is 1. The second kappa shape index (κ2) is 8.73. The van der Waals surface area contributed by atoms with E-state index in [1.165, 1.54) is 24.5 Å². The first-order chi connectivity index (χ1) is 11.5. The van der Waals surface area contributed by atoms with Crippen LogP contribution >= 0.6 is 27.3 Å². The van der Waals surface area contributed by atoms with Crippen molar-refractivity contribution in [2.45, 2.75) is 13.0 Å². The molecule has 1 heterocycles. The first-order valence-corrected chi connectivity index (χ1v) is 8.74. The van der Waals surface area contributed by atoms with Gasteiger partial charge < -0.3 is 9.47 Å². The molecule has 0 bridgehead atoms. The molecule has 124 valence electrons. The number of carbonyl (C=O) groups excluding carboxylic acids is 1. The lowest BCUT2D eigenvalue weighted by Crippen LogP contribution is -2.20. The van der Waals surface area contributed by atoms with E-state index in [1.807, 2.05) is 30.3 Å². The van der Waals surface area contributed by atoms with Crippen LogP contribution in [0.25, 0.3) is 16.6 Å². The zero-order valence-corrected chi connectivity index (χ0v) is 15.6. The number of esters is 1. The van der Waals surface area contributed by atoms with E-state index in [-0.39, 0.29) is 12.2 Å². The molecule has 1 atom stereocenters. The minimum atomic E-state index is -0.681. The molecule has 24 heavy (non-hydrogen) atoms. The van der Waals surface area contributed by atoms with E-state index in [0.717, 1.165) is 15.0 Å². The monoisotopic (exact) mass is 406 g/mol. The summed E-state index contributed by atoms with van der Waals surface area (Å²) in [6, 6.07) is 9.62. The van der Waals surface area contributed by atoms with Gasteiger partial charge in [0.1, 0.15) is 22.8 Å². The molecule has 0 unspecified atom stereocenters. The number of hydrogen-bond donors (Lipinski definition) is 0. The summed E-state index contributed by atoms with van der Waals surface area (Å²) < 4.78 is 11.0. The van der Waals surface area contributed by atoms with E-state index in [4.69, 9.17) is 9.47 Å². The third-order valence-corrected chi connectivity index (χ3v) is 4.34. The number of nitriles is 1. The number of ether oxygens (including phenoxy) is 2. The Morgan fingerprint density at radius 3 is 3.00 bits per heavy atom. The largest absolute Gasteiger partial charge is 0.456 e. The number of methoxy groups -OCH3 is 1. The molecule has 1 aromatic heterocycles. The van der Waals surface area contributed by atoms with Crippen molar-refractivity contribution in [1.29, 1.82) is 5.26 Å². The minimum absolute atomic E-state index is 0.0935. The first kappa shape index (κ1) is 18.3. The van der Waals surface area contributed by atoms with Crippen molar-refractivity contribution in [2.75, 3.05) is 13.7 Å². The highest BCUT2D eigenvalue weighted by Crippen LogP contribution is 2.27. The molecule has 0 aliphatic rings. The van der Waals surface area contributed by atoms with Crippen molar-refractivity contribution in [3.05, 3.63) is 45.4 Å². The molecule has 0 fully saturated rings. The van der Waals surface area contributed by atoms with Crippen LogP contribution in [0, 0.1) is 11.3 Å². The van der Waals surface area contributed by atoms with Gasteiger partial charge in [0.2, 0.25) is 0 Å². The van der Waals surface area contributed by atoms with E-state index < -0.39 is 12.1 Å². The molecule has 7 heteroatoms. The van der Waals surface area contributed by atoms with Crippen LogP contribution < -0.4 is 0 Å². The zero-order valence-electron chi connectivity index (χ0n) is 13.2. The number of rotatable bonds is 6. The number of hydrogen-bond acceptors (Lipinski definition) is 6. The normalized spacial score (nSPS) is 12.5. The molecule has 0 saturated heterocycles. The Hall–Kier alpha value is -2.01. The molecule has 0 spiro atoms. The Morgan fingerprint density at radius 1 is 1.54 bits per heavy atom. The van der Waals surface area contributed by atoms with E-state index in [9.17, 15) is 10.1 Å². The van der Waals surface area contributed by atoms with E-state index in [1.54, 1.807) is 12.3 Å². The second-order valence-electron chi connectivity index (χ2n) is 4.93. The van der Waals surface area contributed by atoms with Crippen LogP contribution in [-0.4, -0.2) is 30.8 Å². The molecular formula is C17H15BrN2O3S. The fourth-order valence-corrected chi connectivity index (χ4v) is 3.08. The highest BCUT2D eigenvalue weighted by Gasteiger charge is 2.15. The van der Waals surface area contributed by atoms with Gasteiger partial charge in [-0.3, -0.25) is 0 Å². The first-order valence-electron chi connectivity index (χ1n) is 7.06. The van der Waals surface area contributed by atoms with E-state index in [0.29, 0.717) is 5.69 Å². The quantitative estimate of drug-likeness (QED) is 0.410. The van der Waals surface area contributed by atoms with Crippen LogP contribution in [0.3, 0.4) is 0 Å². The third kappa shape index (κ3) is 4.99. The van der Waals surface area contributed by atoms with E-state index in [2.05, 4.69) is 20.9 Å². The van der Waals surface area contributed by atoms with Crippen LogP contribution in [0.4, 0.5) is 0 Å². The summed E-state index contributed by atoms with van der Waals surface area (Å²) in [4.78, 5) is 16.4. The minimum Gasteiger partial charge on any atom is -0.456 e. The van der Waals surface area contributed by atoms with Crippen LogP contribution in [-0.2, 0) is 14.3 Å². The number of aromatic nitrogens is 1. The molecule has 5 nitrogen and oxygen atoms in total. The summed E-state index contributed by atoms with van der Waals surface area (Å²) >= 11 is 4.86. The Kier molecular flexibility index (Phi) is 6.67. The van der Waals surface area contributed by atoms with Gasteiger partial charge in [0.05, 0.1) is 12.3 Å². The summed E-state index contributed by atoms with van der Waals surface area (Å²) in [5.41, 5.74) is 1.41. The Morgan fingerprint density at radius 2 is 2.33 bits per heavy atom. The topological polar surface area (TPSA) is 72.2 Å². The Labute approximate surface area is 152 Å². The summed E-state index contributed by atoms with van der Waals surface area (Å²) in [5.74, 6) is -0.681. The highest BCUT2D eigenvalue weighted by molar-refractivity contribution is 9.10. The molecule has 0 aliphatic carbocycles. The van der Waals surface area contributed by atoms with Crippen LogP contribution in [0.15, 0.2) is 39.7 Å². The number of nitrogens with zero attached hydrogens (tertiary/aromatic N) is 2. The van der Waals surface area contributed by atoms with Gasteiger partial charge in [0, 0.05) is 22.5 Å². The van der Waals surface area contributed by atoms with Crippen molar-refractivity contribution in [3.8, 4) is 16.6 Å². The predicted molar refractivity (Wildman–Crippen MR) is 96.3 cm³/mol. The Balaban J connectivity index is 2.17. The van der Waals surface area contributed by atoms with Gasteiger partial charge in [-0.25, -0.2) is 9.78 Å². The van der Waals surface area contributed by atoms with Gasteiger partial charge in [0.25, 0.3) is 0 Å². The van der Waals surface area contributed by atoms with Gasteiger partial charge in [-0.2, -0.15) is 5.26 Å². The van der Waals surface area contributed by atoms with Gasteiger partial charge in [-0.05, 0) is 25.1 Å². The zero-order chi connectivity index (χ0) is 17.5. The van der Waals surface area contributed by atoms with Crippen molar-refractivity contribution in [3.63, 3.8) is 0 Å². The number of halogens is 1. The average molecular weight is 407 g/mol. The maximum atomic E-state index is 12.0. The van der Waals surface area contributed by atoms with Crippen LogP contribution in [0.5, 0.6) is 0 Å². The highest BCUT2D eigenvalue weighted by atomic mass is 79.9. The van der Waals surface area contributed by atoms with Crippen LogP contribution in [0.2, 0.25) is 0 Å². The molecule has 0 radical (unpaired) electrons. The Bertz CT molecular complexity index is 795. The van der Waals surface area contributed by atoms with Crippen molar-refractivity contribution >= 4 is 39.3 Å². The molecular weight excluding hydrogens is 392 g/mol. The third-order valence-electron chi connectivity index (χ3n) is 2.94. The molecule has 2 rings (SSSR count). The molecule has 0 aliphatic heterocycles. The summed E-state index contributed by atoms with van der Waals surface area (Å²) in [6.45, 7) is 1.97. The predicted octanol–water partition coefficient (Wildman–Crippen LogP) is 4.06. The second-order valence-corrected chi connectivity index (χ2v) is 6.70. The van der Waals surface area contributed by atoms with Crippen molar-refractivity contribution in [1.82, 2.24) is 4.98 Å². The summed E-state index contributed by atoms with van der Waals surface area (Å²) in [7, 11) is 1.52. The number of benzene rings is 1. The fraction of sp³-hybridized carbons (Fsp3) is 0.235. The SMILES string of the molecule is COC[C@@H](C)OC(=O)/C(C#N)=C/c1csc(-c2cccc(Br)c2)n1. The number of thiazole rings is 1. The smallest absolute Gasteiger partial charge is 0.349 e. The van der Waals surface area contributed by atoms with Gasteiger partial charge in [-0.15, -0.1) is 11.3 Å². The van der Waals surface area contributed by atoms with Crippen molar-refractivity contribution in [2.24, 2.45) is 0 Å². The molecule has 1 aromatic carbocycles. The molecule has 0 N–H and O–H groups in total. The molecule has 0 saturated carbocycles. The lowest BCUT2D eigenvalue weighted by Gasteiger charge is -2.11. The van der Waals surface area contributed by atoms with Crippen molar-refractivity contribution < 1.29 is 14.3 Å². The molecule has 0 amide bonds. The average Bonchev–Trinajstić information content (AvgIpc) is 3.01. The lowest BCUT2D eigenvalue weighted by atomic mass is 10.2. The lowest BCUT2D eigenvalue weighted by molar-refractivity contribution is -0.145.